The molecule has 1 aromatic rings. The Hall–Kier alpha value is -2.95. The van der Waals surface area contributed by atoms with Crippen molar-refractivity contribution in [1.82, 2.24) is 10.2 Å². The molecule has 1 saturated heterocycles. The lowest BCUT2D eigenvalue weighted by Gasteiger charge is -2.39. The van der Waals surface area contributed by atoms with Crippen LogP contribution in [-0.2, 0) is 31.8 Å². The van der Waals surface area contributed by atoms with Crippen LogP contribution in [0.5, 0.6) is 0 Å². The maximum absolute atomic E-state index is 13.3. The zero-order chi connectivity index (χ0) is 25.3. The fourth-order valence-electron chi connectivity index (χ4n) is 3.50. The molecule has 11 heteroatoms. The standard InChI is InChI=1S/C23H25F3N2O5S/c1-22(2,3)33-21(31)27-16-12-34-17-9-14(20(30)32-4)11-28(18(17)19(16)29)10-13-5-7-15(8-6-13)23(24,25)26/h5-9,11,16,18H,10,12H2,1-4H3,(H,27,31)/t16-,18?/m0/s1. The number of nitrogens with zero attached hydrogens (tertiary/aromatic N) is 1. The molecule has 184 valence electrons. The van der Waals surface area contributed by atoms with Crippen LogP contribution in [-0.4, -0.2) is 53.3 Å². The number of benzene rings is 1. The van der Waals surface area contributed by atoms with E-state index in [0.29, 0.717) is 10.5 Å². The predicted octanol–water partition coefficient (Wildman–Crippen LogP) is 4.04. The quantitative estimate of drug-likeness (QED) is 0.628. The molecule has 1 N–H and O–H groups in total. The number of Topliss-reactive ketones (excluding diaryl/α,β-unsaturated/α-hetero) is 1. The average Bonchev–Trinajstić information content (AvgIpc) is 2.73. The zero-order valence-corrected chi connectivity index (χ0v) is 19.9. The molecule has 0 bridgehead atoms. The summed E-state index contributed by atoms with van der Waals surface area (Å²) in [5.41, 5.74) is -0.807. The van der Waals surface area contributed by atoms with Crippen LogP contribution in [0.25, 0.3) is 0 Å². The lowest BCUT2D eigenvalue weighted by atomic mass is 9.98. The van der Waals surface area contributed by atoms with Crippen molar-refractivity contribution in [2.75, 3.05) is 12.9 Å². The van der Waals surface area contributed by atoms with Gasteiger partial charge in [-0.25, -0.2) is 9.59 Å². The van der Waals surface area contributed by atoms with Gasteiger partial charge in [-0.05, 0) is 44.5 Å². The number of esters is 1. The van der Waals surface area contributed by atoms with Crippen molar-refractivity contribution in [2.24, 2.45) is 0 Å². The van der Waals surface area contributed by atoms with Crippen LogP contribution in [0.3, 0.4) is 0 Å². The molecule has 1 amide bonds. The summed E-state index contributed by atoms with van der Waals surface area (Å²) in [6.45, 7) is 5.18. The number of amides is 1. The number of carbonyl (C=O) groups excluding carboxylic acids is 3. The third-order valence-electron chi connectivity index (χ3n) is 4.99. The minimum absolute atomic E-state index is 0.0616. The maximum atomic E-state index is 13.3. The molecule has 2 aliphatic rings. The summed E-state index contributed by atoms with van der Waals surface area (Å²) in [6, 6.07) is 2.91. The molecule has 2 atom stereocenters. The van der Waals surface area contributed by atoms with Crippen LogP contribution in [0, 0.1) is 0 Å². The number of alkyl halides is 3. The largest absolute Gasteiger partial charge is 0.465 e. The van der Waals surface area contributed by atoms with Gasteiger partial charge >= 0.3 is 18.2 Å². The molecule has 7 nitrogen and oxygen atoms in total. The van der Waals surface area contributed by atoms with Crippen LogP contribution < -0.4 is 5.32 Å². The van der Waals surface area contributed by atoms with Gasteiger partial charge in [-0.15, -0.1) is 11.8 Å². The van der Waals surface area contributed by atoms with E-state index in [4.69, 9.17) is 9.47 Å². The first-order valence-electron chi connectivity index (χ1n) is 10.4. The fourth-order valence-corrected chi connectivity index (χ4v) is 4.73. The molecule has 1 aromatic carbocycles. The molecule has 2 heterocycles. The summed E-state index contributed by atoms with van der Waals surface area (Å²) < 4.78 is 48.8. The first-order valence-corrected chi connectivity index (χ1v) is 11.4. The molecule has 0 saturated carbocycles. The van der Waals surface area contributed by atoms with Gasteiger partial charge in [0.15, 0.2) is 5.78 Å². The Morgan fingerprint density at radius 2 is 1.82 bits per heavy atom. The first kappa shape index (κ1) is 25.7. The van der Waals surface area contributed by atoms with E-state index in [1.54, 1.807) is 31.7 Å². The average molecular weight is 499 g/mol. The van der Waals surface area contributed by atoms with Crippen molar-refractivity contribution in [3.8, 4) is 0 Å². The van der Waals surface area contributed by atoms with E-state index in [2.05, 4.69) is 5.32 Å². The van der Waals surface area contributed by atoms with Crippen molar-refractivity contribution in [2.45, 2.75) is 51.2 Å². The summed E-state index contributed by atoms with van der Waals surface area (Å²) in [7, 11) is 1.23. The summed E-state index contributed by atoms with van der Waals surface area (Å²) >= 11 is 1.30. The summed E-state index contributed by atoms with van der Waals surface area (Å²) in [5.74, 6) is -0.684. The van der Waals surface area contributed by atoms with Crippen LogP contribution in [0.2, 0.25) is 0 Å². The number of alkyl carbamates (subject to hydrolysis) is 1. The predicted molar refractivity (Wildman–Crippen MR) is 120 cm³/mol. The monoisotopic (exact) mass is 498 g/mol. The van der Waals surface area contributed by atoms with Crippen molar-refractivity contribution < 1.29 is 37.0 Å². The zero-order valence-electron chi connectivity index (χ0n) is 19.1. The van der Waals surface area contributed by atoms with Gasteiger partial charge < -0.3 is 19.7 Å². The third-order valence-corrected chi connectivity index (χ3v) is 6.17. The number of carbonyl (C=O) groups is 3. The molecular weight excluding hydrogens is 473 g/mol. The topological polar surface area (TPSA) is 84.9 Å². The second-order valence-electron chi connectivity index (χ2n) is 8.80. The molecular formula is C23H25F3N2O5S. The fraction of sp³-hybridized carbons (Fsp3) is 0.435. The van der Waals surface area contributed by atoms with Crippen LogP contribution in [0.1, 0.15) is 31.9 Å². The molecule has 3 rings (SSSR count). The van der Waals surface area contributed by atoms with Crippen molar-refractivity contribution in [3.05, 3.63) is 58.1 Å². The highest BCUT2D eigenvalue weighted by atomic mass is 32.2. The molecule has 2 aliphatic heterocycles. The Morgan fingerprint density at radius 1 is 1.18 bits per heavy atom. The summed E-state index contributed by atoms with van der Waals surface area (Å²) in [4.78, 5) is 39.9. The van der Waals surface area contributed by atoms with E-state index in [1.165, 1.54) is 37.2 Å². The number of rotatable bonds is 4. The Balaban J connectivity index is 1.85. The van der Waals surface area contributed by atoms with Gasteiger partial charge in [0.25, 0.3) is 0 Å². The van der Waals surface area contributed by atoms with Gasteiger partial charge in [0.2, 0.25) is 0 Å². The Bertz CT molecular complexity index is 1030. The minimum Gasteiger partial charge on any atom is -0.465 e. The van der Waals surface area contributed by atoms with Crippen molar-refractivity contribution >= 4 is 29.6 Å². The van der Waals surface area contributed by atoms with Crippen molar-refractivity contribution in [3.63, 3.8) is 0 Å². The Morgan fingerprint density at radius 3 is 2.38 bits per heavy atom. The van der Waals surface area contributed by atoms with E-state index in [0.717, 1.165) is 12.1 Å². The number of thioether (sulfide) groups is 1. The van der Waals surface area contributed by atoms with E-state index in [-0.39, 0.29) is 23.7 Å². The van der Waals surface area contributed by atoms with Gasteiger partial charge in [0.05, 0.1) is 18.2 Å². The highest BCUT2D eigenvalue weighted by Gasteiger charge is 2.42. The number of halogens is 3. The number of ether oxygens (including phenoxy) is 2. The SMILES string of the molecule is COC(=O)C1=CN(Cc2ccc(C(F)(F)F)cc2)C2C(=O)[C@@H](NC(=O)OC(C)(C)C)CSC2=C1. The number of hydrogen-bond acceptors (Lipinski definition) is 7. The van der Waals surface area contributed by atoms with Gasteiger partial charge in [0.1, 0.15) is 17.7 Å². The van der Waals surface area contributed by atoms with E-state index >= 15 is 0 Å². The highest BCUT2D eigenvalue weighted by Crippen LogP contribution is 2.37. The minimum atomic E-state index is -4.46. The van der Waals surface area contributed by atoms with Gasteiger partial charge in [-0.1, -0.05) is 12.1 Å². The smallest absolute Gasteiger partial charge is 0.416 e. The number of hydrogen-bond donors (Lipinski definition) is 1. The van der Waals surface area contributed by atoms with Crippen molar-refractivity contribution in [1.29, 1.82) is 0 Å². The Kier molecular flexibility index (Phi) is 7.35. The van der Waals surface area contributed by atoms with Crippen LogP contribution >= 0.6 is 11.8 Å². The normalized spacial score (nSPS) is 20.7. The Labute approximate surface area is 199 Å². The molecule has 0 spiro atoms. The summed E-state index contributed by atoms with van der Waals surface area (Å²) in [6.07, 6.45) is -2.18. The number of nitrogens with one attached hydrogen (secondary N) is 1. The third kappa shape index (κ3) is 6.13. The molecule has 0 radical (unpaired) electrons. The van der Waals surface area contributed by atoms with E-state index in [1.807, 2.05) is 0 Å². The lowest BCUT2D eigenvalue weighted by Crippen LogP contribution is -2.55. The van der Waals surface area contributed by atoms with E-state index in [9.17, 15) is 27.6 Å². The number of ketones is 1. The second-order valence-corrected chi connectivity index (χ2v) is 9.90. The molecule has 0 aliphatic carbocycles. The second kappa shape index (κ2) is 9.73. The maximum Gasteiger partial charge on any atom is 0.416 e. The van der Waals surface area contributed by atoms with Crippen LogP contribution in [0.15, 0.2) is 47.0 Å². The molecule has 1 fully saturated rings. The van der Waals surface area contributed by atoms with Crippen LogP contribution in [0.4, 0.5) is 18.0 Å². The van der Waals surface area contributed by atoms with Gasteiger partial charge in [-0.3, -0.25) is 4.79 Å². The molecule has 1 unspecified atom stereocenters. The highest BCUT2D eigenvalue weighted by molar-refractivity contribution is 8.03. The van der Waals surface area contributed by atoms with E-state index < -0.39 is 41.5 Å². The first-order chi connectivity index (χ1) is 15.8. The molecule has 34 heavy (non-hydrogen) atoms. The number of fused-ring (bicyclic) bond motifs is 1. The van der Waals surface area contributed by atoms with Gasteiger partial charge in [0, 0.05) is 23.4 Å². The van der Waals surface area contributed by atoms with Gasteiger partial charge in [-0.2, -0.15) is 13.2 Å². The summed E-state index contributed by atoms with van der Waals surface area (Å²) in [5, 5.41) is 2.59. The molecule has 0 aromatic heterocycles. The number of methoxy groups -OCH3 is 1. The lowest BCUT2D eigenvalue weighted by molar-refractivity contribution is -0.138.